The summed E-state index contributed by atoms with van der Waals surface area (Å²) < 4.78 is 37.5. The third kappa shape index (κ3) is 5.50. The minimum absolute atomic E-state index is 0.0589. The van der Waals surface area contributed by atoms with E-state index in [4.69, 9.17) is 9.47 Å². The minimum Gasteiger partial charge on any atom is -0.491 e. The molecule has 1 unspecified atom stereocenters. The van der Waals surface area contributed by atoms with E-state index in [1.165, 1.54) is 4.31 Å². The molecule has 0 radical (unpaired) electrons. The van der Waals surface area contributed by atoms with Gasteiger partial charge in [-0.3, -0.25) is 9.10 Å². The Morgan fingerprint density at radius 1 is 1.23 bits per heavy atom. The number of nitrogens with zero attached hydrogens (tertiary/aromatic N) is 1. The number of hydrogen-bond acceptors (Lipinski definition) is 5. The Balaban J connectivity index is 1.62. The molecular formula is C23H30N2O5S. The van der Waals surface area contributed by atoms with Gasteiger partial charge in [-0.1, -0.05) is 45.0 Å². The molecule has 1 heterocycles. The zero-order chi connectivity index (χ0) is 22.8. The van der Waals surface area contributed by atoms with E-state index in [0.29, 0.717) is 11.4 Å². The molecular weight excluding hydrogens is 416 g/mol. The highest BCUT2D eigenvalue weighted by molar-refractivity contribution is 7.92. The fourth-order valence-electron chi connectivity index (χ4n) is 3.47. The summed E-state index contributed by atoms with van der Waals surface area (Å²) in [6, 6.07) is 13.1. The summed E-state index contributed by atoms with van der Waals surface area (Å²) in [6.07, 6.45) is 0.187. The molecule has 0 bridgehead atoms. The molecule has 0 saturated heterocycles. The maximum Gasteiger partial charge on any atom is 0.263 e. The van der Waals surface area contributed by atoms with Crippen molar-refractivity contribution in [3.05, 3.63) is 53.6 Å². The highest BCUT2D eigenvalue weighted by Crippen LogP contribution is 2.35. The van der Waals surface area contributed by atoms with Crippen LogP contribution in [0.3, 0.4) is 0 Å². The van der Waals surface area contributed by atoms with E-state index in [2.05, 4.69) is 26.1 Å². The molecule has 0 saturated carbocycles. The number of nitrogens with one attached hydrogen (secondary N) is 1. The van der Waals surface area contributed by atoms with Crippen LogP contribution in [0.25, 0.3) is 0 Å². The van der Waals surface area contributed by atoms with Gasteiger partial charge in [0.2, 0.25) is 10.0 Å². The third-order valence-electron chi connectivity index (χ3n) is 5.03. The number of aryl methyl sites for hydroxylation is 1. The van der Waals surface area contributed by atoms with Crippen molar-refractivity contribution in [2.45, 2.75) is 39.2 Å². The van der Waals surface area contributed by atoms with E-state index < -0.39 is 16.1 Å². The van der Waals surface area contributed by atoms with Gasteiger partial charge >= 0.3 is 0 Å². The SMILES string of the molecule is Cc1ccc2c(c1)N(S(C)(=O)=O)CC(C(=O)NCCOc1ccccc1C(C)(C)C)O2. The first kappa shape index (κ1) is 22.9. The third-order valence-corrected chi connectivity index (χ3v) is 6.18. The molecule has 0 spiro atoms. The van der Waals surface area contributed by atoms with Crippen LogP contribution in [-0.2, 0) is 20.2 Å². The maximum atomic E-state index is 12.7. The van der Waals surface area contributed by atoms with E-state index in [1.807, 2.05) is 37.3 Å². The van der Waals surface area contributed by atoms with Gasteiger partial charge in [-0.05, 0) is 41.7 Å². The number of carbonyl (C=O) groups is 1. The van der Waals surface area contributed by atoms with Crippen LogP contribution in [-0.4, -0.2) is 46.4 Å². The first-order chi connectivity index (χ1) is 14.5. The molecule has 2 aromatic rings. The van der Waals surface area contributed by atoms with Gasteiger partial charge in [0.25, 0.3) is 5.91 Å². The Morgan fingerprint density at radius 2 is 1.94 bits per heavy atom. The molecule has 168 valence electrons. The second-order valence-electron chi connectivity index (χ2n) is 8.76. The van der Waals surface area contributed by atoms with Gasteiger partial charge in [0.15, 0.2) is 6.10 Å². The number of rotatable bonds is 6. The monoisotopic (exact) mass is 446 g/mol. The number of fused-ring (bicyclic) bond motifs is 1. The van der Waals surface area contributed by atoms with Gasteiger partial charge in [-0.15, -0.1) is 0 Å². The average Bonchev–Trinajstić information content (AvgIpc) is 2.69. The standard InChI is InChI=1S/C23H30N2O5S/c1-16-10-11-20-18(14-16)25(31(5,27)28)15-21(30-20)22(26)24-12-13-29-19-9-7-6-8-17(19)23(2,3)4/h6-11,14,21H,12-13,15H2,1-5H3,(H,24,26). The predicted octanol–water partition coefficient (Wildman–Crippen LogP) is 3.01. The molecule has 1 amide bonds. The molecule has 2 aromatic carbocycles. The Morgan fingerprint density at radius 3 is 2.61 bits per heavy atom. The Kier molecular flexibility index (Phi) is 6.50. The van der Waals surface area contributed by atoms with Crippen LogP contribution >= 0.6 is 0 Å². The van der Waals surface area contributed by atoms with Gasteiger partial charge in [0.1, 0.15) is 18.1 Å². The van der Waals surface area contributed by atoms with Crippen LogP contribution in [0.4, 0.5) is 5.69 Å². The summed E-state index contributed by atoms with van der Waals surface area (Å²) in [5.74, 6) is 0.774. The largest absolute Gasteiger partial charge is 0.491 e. The lowest BCUT2D eigenvalue weighted by Gasteiger charge is -2.34. The van der Waals surface area contributed by atoms with Gasteiger partial charge in [-0.2, -0.15) is 0 Å². The minimum atomic E-state index is -3.55. The molecule has 1 aliphatic rings. The number of carbonyl (C=O) groups excluding carboxylic acids is 1. The fraction of sp³-hybridized carbons (Fsp3) is 0.435. The summed E-state index contributed by atoms with van der Waals surface area (Å²) in [5, 5.41) is 2.78. The molecule has 8 heteroatoms. The normalized spacial score (nSPS) is 16.3. The van der Waals surface area contributed by atoms with E-state index in [9.17, 15) is 13.2 Å². The molecule has 0 fully saturated rings. The van der Waals surface area contributed by atoms with Crippen LogP contribution in [0.1, 0.15) is 31.9 Å². The van der Waals surface area contributed by atoms with Crippen molar-refractivity contribution in [3.63, 3.8) is 0 Å². The fourth-order valence-corrected chi connectivity index (χ4v) is 4.38. The molecule has 1 atom stereocenters. The van der Waals surface area contributed by atoms with Crippen LogP contribution < -0.4 is 19.1 Å². The number of para-hydroxylation sites is 1. The molecule has 0 aliphatic carbocycles. The number of amides is 1. The van der Waals surface area contributed by atoms with Crippen molar-refractivity contribution in [3.8, 4) is 11.5 Å². The summed E-state index contributed by atoms with van der Waals surface area (Å²) in [7, 11) is -3.55. The maximum absolute atomic E-state index is 12.7. The first-order valence-corrected chi connectivity index (χ1v) is 12.1. The van der Waals surface area contributed by atoms with Gasteiger partial charge in [0, 0.05) is 0 Å². The van der Waals surface area contributed by atoms with E-state index >= 15 is 0 Å². The van der Waals surface area contributed by atoms with Gasteiger partial charge < -0.3 is 14.8 Å². The molecule has 1 N–H and O–H groups in total. The lowest BCUT2D eigenvalue weighted by Crippen LogP contribution is -2.51. The van der Waals surface area contributed by atoms with Crippen molar-refractivity contribution in [2.75, 3.05) is 30.3 Å². The molecule has 1 aliphatic heterocycles. The Bertz CT molecular complexity index is 1060. The average molecular weight is 447 g/mol. The van der Waals surface area contributed by atoms with Crippen molar-refractivity contribution in [1.82, 2.24) is 5.32 Å². The zero-order valence-corrected chi connectivity index (χ0v) is 19.5. The second-order valence-corrected chi connectivity index (χ2v) is 10.7. The van der Waals surface area contributed by atoms with E-state index in [0.717, 1.165) is 23.1 Å². The quantitative estimate of drug-likeness (QED) is 0.690. The van der Waals surface area contributed by atoms with Crippen LogP contribution in [0.2, 0.25) is 0 Å². The number of sulfonamides is 1. The van der Waals surface area contributed by atoms with Crippen LogP contribution in [0, 0.1) is 6.92 Å². The molecule has 0 aromatic heterocycles. The first-order valence-electron chi connectivity index (χ1n) is 10.2. The second kappa shape index (κ2) is 8.78. The molecule has 3 rings (SSSR count). The number of ether oxygens (including phenoxy) is 2. The van der Waals surface area contributed by atoms with Crippen LogP contribution in [0.15, 0.2) is 42.5 Å². The highest BCUT2D eigenvalue weighted by Gasteiger charge is 2.35. The number of hydrogen-bond donors (Lipinski definition) is 1. The van der Waals surface area contributed by atoms with Gasteiger partial charge in [0.05, 0.1) is 25.0 Å². The summed E-state index contributed by atoms with van der Waals surface area (Å²) in [4.78, 5) is 12.7. The van der Waals surface area contributed by atoms with Crippen molar-refractivity contribution in [1.29, 1.82) is 0 Å². The lowest BCUT2D eigenvalue weighted by atomic mass is 9.86. The predicted molar refractivity (Wildman–Crippen MR) is 121 cm³/mol. The number of anilines is 1. The van der Waals surface area contributed by atoms with E-state index in [-0.39, 0.29) is 31.0 Å². The van der Waals surface area contributed by atoms with Crippen molar-refractivity contribution in [2.24, 2.45) is 0 Å². The summed E-state index contributed by atoms with van der Waals surface area (Å²) >= 11 is 0. The highest BCUT2D eigenvalue weighted by atomic mass is 32.2. The molecule has 31 heavy (non-hydrogen) atoms. The number of benzene rings is 2. The zero-order valence-electron chi connectivity index (χ0n) is 18.6. The van der Waals surface area contributed by atoms with Crippen molar-refractivity contribution >= 4 is 21.6 Å². The van der Waals surface area contributed by atoms with E-state index in [1.54, 1.807) is 12.1 Å². The smallest absolute Gasteiger partial charge is 0.263 e. The summed E-state index contributed by atoms with van der Waals surface area (Å²) in [6.45, 7) is 8.71. The lowest BCUT2D eigenvalue weighted by molar-refractivity contribution is -0.127. The van der Waals surface area contributed by atoms with Crippen molar-refractivity contribution < 1.29 is 22.7 Å². The molecule has 7 nitrogen and oxygen atoms in total. The van der Waals surface area contributed by atoms with Crippen LogP contribution in [0.5, 0.6) is 11.5 Å². The topological polar surface area (TPSA) is 84.9 Å². The Labute approximate surface area is 184 Å². The summed E-state index contributed by atoms with van der Waals surface area (Å²) in [5.41, 5.74) is 2.39. The Hall–Kier alpha value is -2.74. The van der Waals surface area contributed by atoms with Gasteiger partial charge in [-0.25, -0.2) is 8.42 Å².